The van der Waals surface area contributed by atoms with E-state index in [1.165, 1.54) is 6.33 Å². The predicted octanol–water partition coefficient (Wildman–Crippen LogP) is 2.36. The highest BCUT2D eigenvalue weighted by molar-refractivity contribution is 5.83. The summed E-state index contributed by atoms with van der Waals surface area (Å²) < 4.78 is 6.84. The van der Waals surface area contributed by atoms with Gasteiger partial charge in [0.15, 0.2) is 12.4 Å². The molecule has 1 heterocycles. The van der Waals surface area contributed by atoms with Crippen molar-refractivity contribution in [2.75, 3.05) is 25.6 Å². The molecule has 0 saturated heterocycles. The number of aliphatic carboxylic acids is 1. The van der Waals surface area contributed by atoms with Crippen LogP contribution < -0.4 is 9.64 Å². The summed E-state index contributed by atoms with van der Waals surface area (Å²) in [5.74, 6) is -0.00175. The van der Waals surface area contributed by atoms with E-state index in [-0.39, 0.29) is 0 Å². The molecule has 8 nitrogen and oxygen atoms in total. The summed E-state index contributed by atoms with van der Waals surface area (Å²) in [5, 5.41) is 21.2. The highest BCUT2D eigenvalue weighted by atomic mass is 16.5. The van der Waals surface area contributed by atoms with E-state index >= 15 is 0 Å². The summed E-state index contributed by atoms with van der Waals surface area (Å²) >= 11 is 0. The molecule has 0 unspecified atom stereocenters. The number of rotatable bonds is 7. The molecule has 0 aliphatic heterocycles. The number of ether oxygens (including phenoxy) is 1. The number of carbonyl (C=O) groups is 1. The summed E-state index contributed by atoms with van der Waals surface area (Å²) in [6.45, 7) is -0.416. The van der Waals surface area contributed by atoms with Crippen LogP contribution in [0.5, 0.6) is 5.75 Å². The number of hydrogen-bond donors (Lipinski definition) is 1. The van der Waals surface area contributed by atoms with Crippen LogP contribution in [0.3, 0.4) is 0 Å². The summed E-state index contributed by atoms with van der Waals surface area (Å²) in [4.78, 5) is 12.7. The van der Waals surface area contributed by atoms with Crippen molar-refractivity contribution in [1.82, 2.24) is 14.9 Å². The van der Waals surface area contributed by atoms with Crippen molar-refractivity contribution in [1.29, 1.82) is 0 Å². The van der Waals surface area contributed by atoms with Gasteiger partial charge in [0.05, 0.1) is 6.21 Å². The van der Waals surface area contributed by atoms with Crippen LogP contribution in [0.25, 0.3) is 11.4 Å². The molecule has 0 radical (unpaired) electrons. The molecule has 0 aliphatic rings. The van der Waals surface area contributed by atoms with Crippen molar-refractivity contribution >= 4 is 17.9 Å². The van der Waals surface area contributed by atoms with Crippen LogP contribution in [0.15, 0.2) is 60.0 Å². The first-order valence-electron chi connectivity index (χ1n) is 8.20. The zero-order chi connectivity index (χ0) is 19.2. The van der Waals surface area contributed by atoms with Gasteiger partial charge in [-0.3, -0.25) is 0 Å². The number of aromatic nitrogens is 3. The van der Waals surface area contributed by atoms with E-state index in [0.29, 0.717) is 17.1 Å². The Kier molecular flexibility index (Phi) is 5.46. The van der Waals surface area contributed by atoms with E-state index in [0.717, 1.165) is 11.3 Å². The molecule has 2 aromatic carbocycles. The van der Waals surface area contributed by atoms with E-state index in [1.54, 1.807) is 29.1 Å². The molecule has 0 saturated carbocycles. The second-order valence-corrected chi connectivity index (χ2v) is 5.91. The number of carboxylic acids is 1. The van der Waals surface area contributed by atoms with Crippen molar-refractivity contribution in [2.24, 2.45) is 5.10 Å². The van der Waals surface area contributed by atoms with E-state index in [4.69, 9.17) is 9.84 Å². The van der Waals surface area contributed by atoms with Gasteiger partial charge in [-0.2, -0.15) is 9.78 Å². The molecule has 138 valence electrons. The molecule has 0 aliphatic carbocycles. The van der Waals surface area contributed by atoms with Crippen molar-refractivity contribution in [3.05, 3.63) is 60.4 Å². The molecular weight excluding hydrogens is 346 g/mol. The first kappa shape index (κ1) is 18.1. The molecule has 3 rings (SSSR count). The average molecular weight is 365 g/mol. The van der Waals surface area contributed by atoms with Gasteiger partial charge in [0.25, 0.3) is 0 Å². The lowest BCUT2D eigenvalue weighted by Gasteiger charge is -2.12. The number of anilines is 1. The maximum atomic E-state index is 10.7. The molecule has 0 bridgehead atoms. The van der Waals surface area contributed by atoms with E-state index < -0.39 is 12.6 Å². The summed E-state index contributed by atoms with van der Waals surface area (Å²) in [6, 6.07) is 15.0. The Balaban J connectivity index is 1.84. The highest BCUT2D eigenvalue weighted by Gasteiger charge is 2.08. The fourth-order valence-electron chi connectivity index (χ4n) is 2.40. The minimum Gasteiger partial charge on any atom is -0.481 e. The van der Waals surface area contributed by atoms with Crippen LogP contribution in [0.2, 0.25) is 0 Å². The Hall–Kier alpha value is -3.68. The Morgan fingerprint density at radius 3 is 2.67 bits per heavy atom. The van der Waals surface area contributed by atoms with Gasteiger partial charge in [0.1, 0.15) is 12.1 Å². The highest BCUT2D eigenvalue weighted by Crippen LogP contribution is 2.21. The standard InChI is InChI=1S/C19H19N5O3/c1-23(2)16-9-7-14(8-10-16)19-22-20-13-24(19)21-11-15-5-3-4-6-17(15)27-12-18(25)26/h3-11,13H,12H2,1-2H3,(H,25,26)/b21-11-. The van der Waals surface area contributed by atoms with Gasteiger partial charge >= 0.3 is 5.97 Å². The van der Waals surface area contributed by atoms with Crippen molar-refractivity contribution in [3.63, 3.8) is 0 Å². The van der Waals surface area contributed by atoms with Gasteiger partial charge in [-0.25, -0.2) is 4.79 Å². The normalized spacial score (nSPS) is 10.9. The summed E-state index contributed by atoms with van der Waals surface area (Å²) in [6.07, 6.45) is 3.09. The van der Waals surface area contributed by atoms with Crippen LogP contribution in [0.1, 0.15) is 5.56 Å². The van der Waals surface area contributed by atoms with Gasteiger partial charge in [-0.1, -0.05) is 12.1 Å². The quantitative estimate of drug-likeness (QED) is 0.646. The minimum absolute atomic E-state index is 0.416. The van der Waals surface area contributed by atoms with E-state index in [9.17, 15) is 4.79 Å². The number of benzene rings is 2. The number of hydrogen-bond acceptors (Lipinski definition) is 6. The number of nitrogens with zero attached hydrogens (tertiary/aromatic N) is 5. The summed E-state index contributed by atoms with van der Waals surface area (Å²) in [7, 11) is 3.96. The Bertz CT molecular complexity index is 948. The molecule has 8 heteroatoms. The lowest BCUT2D eigenvalue weighted by atomic mass is 10.2. The van der Waals surface area contributed by atoms with Crippen molar-refractivity contribution < 1.29 is 14.6 Å². The van der Waals surface area contributed by atoms with Gasteiger partial charge in [0.2, 0.25) is 0 Å². The Labute approximate surface area is 156 Å². The Morgan fingerprint density at radius 1 is 1.22 bits per heavy atom. The second kappa shape index (κ2) is 8.13. The monoisotopic (exact) mass is 365 g/mol. The van der Waals surface area contributed by atoms with Gasteiger partial charge in [-0.15, -0.1) is 10.2 Å². The second-order valence-electron chi connectivity index (χ2n) is 5.91. The molecule has 3 aromatic rings. The zero-order valence-corrected chi connectivity index (χ0v) is 15.0. The smallest absolute Gasteiger partial charge is 0.341 e. The maximum absolute atomic E-state index is 10.7. The SMILES string of the molecule is CN(C)c1ccc(-c2nncn2/N=C\c2ccccc2OCC(=O)O)cc1. The molecule has 27 heavy (non-hydrogen) atoms. The molecular formula is C19H19N5O3. The topological polar surface area (TPSA) is 92.8 Å². The van der Waals surface area contributed by atoms with Crippen LogP contribution >= 0.6 is 0 Å². The van der Waals surface area contributed by atoms with Crippen LogP contribution in [-0.4, -0.2) is 52.9 Å². The van der Waals surface area contributed by atoms with Crippen molar-refractivity contribution in [3.8, 4) is 17.1 Å². The molecule has 0 fully saturated rings. The lowest BCUT2D eigenvalue weighted by molar-refractivity contribution is -0.139. The van der Waals surface area contributed by atoms with E-state index in [2.05, 4.69) is 15.3 Å². The van der Waals surface area contributed by atoms with Crippen molar-refractivity contribution in [2.45, 2.75) is 0 Å². The fourth-order valence-corrected chi connectivity index (χ4v) is 2.40. The molecule has 1 N–H and O–H groups in total. The van der Waals surface area contributed by atoms with Gasteiger partial charge in [-0.05, 0) is 36.4 Å². The number of carboxylic acid groups (broad SMARTS) is 1. The molecule has 1 aromatic heterocycles. The van der Waals surface area contributed by atoms with Gasteiger partial charge in [0, 0.05) is 30.9 Å². The van der Waals surface area contributed by atoms with Crippen LogP contribution in [0.4, 0.5) is 5.69 Å². The number of para-hydroxylation sites is 1. The average Bonchev–Trinajstić information content (AvgIpc) is 3.14. The molecule has 0 spiro atoms. The van der Waals surface area contributed by atoms with E-state index in [1.807, 2.05) is 49.3 Å². The van der Waals surface area contributed by atoms with Gasteiger partial charge < -0.3 is 14.7 Å². The third kappa shape index (κ3) is 4.49. The Morgan fingerprint density at radius 2 is 1.96 bits per heavy atom. The first-order valence-corrected chi connectivity index (χ1v) is 8.20. The third-order valence-corrected chi connectivity index (χ3v) is 3.76. The molecule has 0 amide bonds. The van der Waals surface area contributed by atoms with Crippen LogP contribution in [0, 0.1) is 0 Å². The van der Waals surface area contributed by atoms with Crippen LogP contribution in [-0.2, 0) is 4.79 Å². The third-order valence-electron chi connectivity index (χ3n) is 3.76. The fraction of sp³-hybridized carbons (Fsp3) is 0.158. The predicted molar refractivity (Wildman–Crippen MR) is 102 cm³/mol. The minimum atomic E-state index is -1.04. The summed E-state index contributed by atoms with van der Waals surface area (Å²) in [5.41, 5.74) is 2.62. The lowest BCUT2D eigenvalue weighted by Crippen LogP contribution is -2.10. The largest absolute Gasteiger partial charge is 0.481 e. The molecule has 0 atom stereocenters. The maximum Gasteiger partial charge on any atom is 0.341 e. The zero-order valence-electron chi connectivity index (χ0n) is 15.0. The first-order chi connectivity index (χ1) is 13.0.